The van der Waals surface area contributed by atoms with Crippen molar-refractivity contribution in [2.24, 2.45) is 0 Å². The number of para-hydroxylation sites is 1. The zero-order chi connectivity index (χ0) is 17.5. The van der Waals surface area contributed by atoms with E-state index in [1.807, 2.05) is 18.2 Å². The van der Waals surface area contributed by atoms with Crippen LogP contribution in [0.1, 0.15) is 40.5 Å². The standard InChI is InChI=1S/C17H20N4O3S/c22-14(18-12-8-4-5-9-12)10-24-11-15-20-21-17(25-15)16(23)19-13-6-2-1-3-7-13/h1-3,6-7,12H,4-5,8-11H2,(H,18,22)(H,19,23). The third-order valence-corrected chi connectivity index (χ3v) is 4.77. The van der Waals surface area contributed by atoms with E-state index in [1.165, 1.54) is 12.8 Å². The largest absolute Gasteiger partial charge is 0.364 e. The molecule has 3 rings (SSSR count). The van der Waals surface area contributed by atoms with E-state index in [9.17, 15) is 9.59 Å². The van der Waals surface area contributed by atoms with Crippen LogP contribution in [0.2, 0.25) is 0 Å². The Bertz CT molecular complexity index is 714. The van der Waals surface area contributed by atoms with E-state index in [4.69, 9.17) is 4.74 Å². The van der Waals surface area contributed by atoms with Gasteiger partial charge in [-0.25, -0.2) is 0 Å². The van der Waals surface area contributed by atoms with Crippen LogP contribution in [0.5, 0.6) is 0 Å². The van der Waals surface area contributed by atoms with Gasteiger partial charge in [-0.1, -0.05) is 42.4 Å². The van der Waals surface area contributed by atoms with Gasteiger partial charge in [0.2, 0.25) is 10.9 Å². The van der Waals surface area contributed by atoms with Gasteiger partial charge in [0.25, 0.3) is 5.91 Å². The monoisotopic (exact) mass is 360 g/mol. The minimum Gasteiger partial charge on any atom is -0.364 e. The molecule has 1 aromatic heterocycles. The summed E-state index contributed by atoms with van der Waals surface area (Å²) in [4.78, 5) is 23.9. The lowest BCUT2D eigenvalue weighted by atomic mass is 10.2. The van der Waals surface area contributed by atoms with Gasteiger partial charge >= 0.3 is 0 Å². The number of carbonyl (C=O) groups is 2. The van der Waals surface area contributed by atoms with Gasteiger partial charge in [0.05, 0.1) is 0 Å². The molecule has 0 saturated heterocycles. The van der Waals surface area contributed by atoms with Crippen molar-refractivity contribution in [1.29, 1.82) is 0 Å². The maximum absolute atomic E-state index is 12.1. The molecule has 2 N–H and O–H groups in total. The molecule has 132 valence electrons. The molecule has 1 saturated carbocycles. The SMILES string of the molecule is O=C(COCc1nnc(C(=O)Nc2ccccc2)s1)NC1CCCC1. The fraction of sp³-hybridized carbons (Fsp3) is 0.412. The van der Waals surface area contributed by atoms with Gasteiger partial charge in [-0.15, -0.1) is 10.2 Å². The molecule has 8 heteroatoms. The topological polar surface area (TPSA) is 93.2 Å². The van der Waals surface area contributed by atoms with Gasteiger partial charge in [0, 0.05) is 11.7 Å². The van der Waals surface area contributed by atoms with Gasteiger partial charge in [-0.3, -0.25) is 9.59 Å². The summed E-state index contributed by atoms with van der Waals surface area (Å²) in [6.07, 6.45) is 4.43. The van der Waals surface area contributed by atoms with E-state index in [-0.39, 0.29) is 36.1 Å². The third-order valence-electron chi connectivity index (χ3n) is 3.87. The van der Waals surface area contributed by atoms with Crippen LogP contribution in [0.4, 0.5) is 5.69 Å². The molecule has 1 aliphatic rings. The van der Waals surface area contributed by atoms with Crippen LogP contribution in [-0.4, -0.2) is 34.7 Å². The Kier molecular flexibility index (Phi) is 6.08. The molecule has 0 aliphatic heterocycles. The van der Waals surface area contributed by atoms with Crippen LogP contribution in [0, 0.1) is 0 Å². The summed E-state index contributed by atoms with van der Waals surface area (Å²) < 4.78 is 5.37. The third kappa shape index (κ3) is 5.33. The Labute approximate surface area is 149 Å². The van der Waals surface area contributed by atoms with Crippen molar-refractivity contribution in [2.75, 3.05) is 11.9 Å². The van der Waals surface area contributed by atoms with Crippen LogP contribution in [0.3, 0.4) is 0 Å². The highest BCUT2D eigenvalue weighted by atomic mass is 32.1. The van der Waals surface area contributed by atoms with Crippen molar-refractivity contribution >= 4 is 28.8 Å². The molecule has 2 aromatic rings. The van der Waals surface area contributed by atoms with Crippen molar-refractivity contribution in [3.63, 3.8) is 0 Å². The van der Waals surface area contributed by atoms with Gasteiger partial charge in [0.15, 0.2) is 0 Å². The Morgan fingerprint density at radius 2 is 1.92 bits per heavy atom. The fourth-order valence-corrected chi connectivity index (χ4v) is 3.35. The highest BCUT2D eigenvalue weighted by Crippen LogP contribution is 2.17. The number of carbonyl (C=O) groups excluding carboxylic acids is 2. The second-order valence-electron chi connectivity index (χ2n) is 5.86. The smallest absolute Gasteiger partial charge is 0.286 e. The average Bonchev–Trinajstić information content (AvgIpc) is 3.28. The minimum atomic E-state index is -0.311. The number of rotatable bonds is 7. The van der Waals surface area contributed by atoms with E-state index in [0.717, 1.165) is 24.2 Å². The summed E-state index contributed by atoms with van der Waals surface area (Å²) in [5.74, 6) is -0.424. The molecule has 1 heterocycles. The lowest BCUT2D eigenvalue weighted by molar-refractivity contribution is -0.126. The first-order valence-electron chi connectivity index (χ1n) is 8.26. The van der Waals surface area contributed by atoms with Gasteiger partial charge < -0.3 is 15.4 Å². The summed E-state index contributed by atoms with van der Waals surface area (Å²) in [7, 11) is 0. The predicted molar refractivity (Wildman–Crippen MR) is 94.4 cm³/mol. The number of hydrogen-bond donors (Lipinski definition) is 2. The Balaban J connectivity index is 1.42. The van der Waals surface area contributed by atoms with E-state index in [2.05, 4.69) is 20.8 Å². The number of benzene rings is 1. The Hall–Kier alpha value is -2.32. The summed E-state index contributed by atoms with van der Waals surface area (Å²) >= 11 is 1.15. The van der Waals surface area contributed by atoms with Crippen LogP contribution in [0.15, 0.2) is 30.3 Å². The zero-order valence-corrected chi connectivity index (χ0v) is 14.6. The normalized spacial score (nSPS) is 14.4. The number of ether oxygens (including phenoxy) is 1. The van der Waals surface area contributed by atoms with Gasteiger partial charge in [-0.2, -0.15) is 0 Å². The lowest BCUT2D eigenvalue weighted by Crippen LogP contribution is -2.35. The molecule has 0 bridgehead atoms. The van der Waals surface area contributed by atoms with E-state index < -0.39 is 0 Å². The molecule has 1 fully saturated rings. The summed E-state index contributed by atoms with van der Waals surface area (Å²) in [5.41, 5.74) is 0.698. The molecule has 0 atom stereocenters. The molecule has 2 amide bonds. The molecule has 25 heavy (non-hydrogen) atoms. The first kappa shape index (κ1) is 17.5. The molecular weight excluding hydrogens is 340 g/mol. The van der Waals surface area contributed by atoms with Crippen molar-refractivity contribution < 1.29 is 14.3 Å². The number of nitrogens with zero attached hydrogens (tertiary/aromatic N) is 2. The van der Waals surface area contributed by atoms with Gasteiger partial charge in [-0.05, 0) is 25.0 Å². The quantitative estimate of drug-likeness (QED) is 0.791. The average molecular weight is 360 g/mol. The molecule has 1 aromatic carbocycles. The first-order chi connectivity index (χ1) is 12.2. The van der Waals surface area contributed by atoms with Crippen LogP contribution >= 0.6 is 11.3 Å². The number of anilines is 1. The van der Waals surface area contributed by atoms with Crippen molar-refractivity contribution in [3.05, 3.63) is 40.3 Å². The highest BCUT2D eigenvalue weighted by Gasteiger charge is 2.17. The van der Waals surface area contributed by atoms with Gasteiger partial charge in [0.1, 0.15) is 18.2 Å². The summed E-state index contributed by atoms with van der Waals surface area (Å²) in [6.45, 7) is 0.149. The highest BCUT2D eigenvalue weighted by molar-refractivity contribution is 7.13. The predicted octanol–water partition coefficient (Wildman–Crippen LogP) is 2.37. The fourth-order valence-electron chi connectivity index (χ4n) is 2.68. The summed E-state index contributed by atoms with van der Waals surface area (Å²) in [5, 5.41) is 14.3. The molecule has 7 nitrogen and oxygen atoms in total. The summed E-state index contributed by atoms with van der Waals surface area (Å²) in [6, 6.07) is 9.43. The number of amides is 2. The van der Waals surface area contributed by atoms with E-state index in [1.54, 1.807) is 12.1 Å². The Morgan fingerprint density at radius 3 is 2.68 bits per heavy atom. The van der Waals surface area contributed by atoms with Crippen LogP contribution in [-0.2, 0) is 16.1 Å². The molecule has 0 radical (unpaired) electrons. The number of hydrogen-bond acceptors (Lipinski definition) is 6. The van der Waals surface area contributed by atoms with Crippen molar-refractivity contribution in [2.45, 2.75) is 38.3 Å². The maximum atomic E-state index is 12.1. The second-order valence-corrected chi connectivity index (χ2v) is 6.92. The Morgan fingerprint density at radius 1 is 1.16 bits per heavy atom. The van der Waals surface area contributed by atoms with E-state index >= 15 is 0 Å². The molecule has 0 spiro atoms. The lowest BCUT2D eigenvalue weighted by Gasteiger charge is -2.11. The van der Waals surface area contributed by atoms with Crippen molar-refractivity contribution in [1.82, 2.24) is 15.5 Å². The number of nitrogens with one attached hydrogen (secondary N) is 2. The number of aromatic nitrogens is 2. The maximum Gasteiger partial charge on any atom is 0.286 e. The molecule has 1 aliphatic carbocycles. The second kappa shape index (κ2) is 8.68. The van der Waals surface area contributed by atoms with Crippen LogP contribution in [0.25, 0.3) is 0 Å². The minimum absolute atomic E-state index is 0.0123. The molecule has 0 unspecified atom stereocenters. The molecular formula is C17H20N4O3S. The van der Waals surface area contributed by atoms with E-state index in [0.29, 0.717) is 10.7 Å². The van der Waals surface area contributed by atoms with Crippen LogP contribution < -0.4 is 10.6 Å². The zero-order valence-electron chi connectivity index (χ0n) is 13.7. The first-order valence-corrected chi connectivity index (χ1v) is 9.08. The van der Waals surface area contributed by atoms with Crippen molar-refractivity contribution in [3.8, 4) is 0 Å².